The van der Waals surface area contributed by atoms with Gasteiger partial charge in [-0.2, -0.15) is 0 Å². The molecule has 0 aromatic carbocycles. The van der Waals surface area contributed by atoms with Gasteiger partial charge in [0.1, 0.15) is 11.0 Å². The molecule has 0 fully saturated rings. The summed E-state index contributed by atoms with van der Waals surface area (Å²) in [6, 6.07) is 3.59. The van der Waals surface area contributed by atoms with Crippen molar-refractivity contribution < 1.29 is 5.11 Å². The van der Waals surface area contributed by atoms with E-state index in [-0.39, 0.29) is 12.1 Å². The second-order valence-corrected chi connectivity index (χ2v) is 5.61. The molecule has 0 aliphatic heterocycles. The predicted octanol–water partition coefficient (Wildman–Crippen LogP) is 2.99. The van der Waals surface area contributed by atoms with Crippen molar-refractivity contribution in [1.29, 1.82) is 0 Å². The molecule has 2 aromatic rings. The molecular weight excluding hydrogens is 250 g/mol. The van der Waals surface area contributed by atoms with E-state index >= 15 is 0 Å². The topological polar surface area (TPSA) is 58.0 Å². The van der Waals surface area contributed by atoms with Gasteiger partial charge in [-0.1, -0.05) is 11.6 Å². The highest BCUT2D eigenvalue weighted by Gasteiger charge is 2.14. The van der Waals surface area contributed by atoms with Crippen molar-refractivity contribution in [2.24, 2.45) is 0 Å². The lowest BCUT2D eigenvalue weighted by Gasteiger charge is -2.22. The van der Waals surface area contributed by atoms with Crippen LogP contribution in [0.4, 0.5) is 5.82 Å². The minimum atomic E-state index is -0.121. The third-order valence-corrected chi connectivity index (χ3v) is 2.60. The van der Waals surface area contributed by atoms with E-state index in [9.17, 15) is 5.11 Å². The summed E-state index contributed by atoms with van der Waals surface area (Å²) in [6.07, 6.45) is 1.69. The minimum Gasteiger partial charge on any atom is -0.390 e. The zero-order chi connectivity index (χ0) is 13.3. The van der Waals surface area contributed by atoms with Gasteiger partial charge in [0.05, 0.1) is 12.3 Å². The summed E-state index contributed by atoms with van der Waals surface area (Å²) < 4.78 is 0. The van der Waals surface area contributed by atoms with Crippen LogP contribution >= 0.6 is 11.6 Å². The number of nitrogens with zero attached hydrogens (tertiary/aromatic N) is 2. The van der Waals surface area contributed by atoms with Crippen LogP contribution in [0.3, 0.4) is 0 Å². The molecule has 0 unspecified atom stereocenters. The van der Waals surface area contributed by atoms with Crippen molar-refractivity contribution in [3.8, 4) is 0 Å². The Morgan fingerprint density at radius 1 is 1.33 bits per heavy atom. The molecule has 0 atom stereocenters. The molecule has 2 aromatic heterocycles. The highest BCUT2D eigenvalue weighted by atomic mass is 35.5. The van der Waals surface area contributed by atoms with Crippen molar-refractivity contribution in [3.05, 3.63) is 29.2 Å². The van der Waals surface area contributed by atoms with Gasteiger partial charge >= 0.3 is 0 Å². The third-order valence-electron chi connectivity index (χ3n) is 2.39. The second-order valence-electron chi connectivity index (χ2n) is 5.22. The Balaban J connectivity index is 2.63. The van der Waals surface area contributed by atoms with Crippen LogP contribution in [0.2, 0.25) is 5.15 Å². The molecule has 0 saturated heterocycles. The number of halogens is 1. The number of anilines is 1. The van der Waals surface area contributed by atoms with Crippen LogP contribution < -0.4 is 5.32 Å². The van der Waals surface area contributed by atoms with E-state index in [4.69, 9.17) is 11.6 Å². The number of aromatic nitrogens is 2. The summed E-state index contributed by atoms with van der Waals surface area (Å²) in [5, 5.41) is 14.8. The molecule has 0 aliphatic rings. The highest BCUT2D eigenvalue weighted by Crippen LogP contribution is 2.26. The lowest BCUT2D eigenvalue weighted by molar-refractivity contribution is 0.277. The SMILES string of the molecule is CC(C)(C)Nc1nc(CO)cc2cnc(Cl)cc12. The summed E-state index contributed by atoms with van der Waals surface area (Å²) in [5.74, 6) is 0.716. The molecule has 0 spiro atoms. The van der Waals surface area contributed by atoms with E-state index in [1.807, 2.05) is 6.07 Å². The molecule has 0 amide bonds. The van der Waals surface area contributed by atoms with Gasteiger partial charge in [0.2, 0.25) is 0 Å². The maximum absolute atomic E-state index is 9.24. The molecule has 0 saturated carbocycles. The highest BCUT2D eigenvalue weighted by molar-refractivity contribution is 6.30. The van der Waals surface area contributed by atoms with Gasteiger partial charge in [-0.25, -0.2) is 9.97 Å². The Labute approximate surface area is 111 Å². The van der Waals surface area contributed by atoms with Gasteiger partial charge in [0, 0.05) is 22.5 Å². The summed E-state index contributed by atoms with van der Waals surface area (Å²) in [5.41, 5.74) is 0.488. The maximum Gasteiger partial charge on any atom is 0.134 e. The molecule has 5 heteroatoms. The lowest BCUT2D eigenvalue weighted by Crippen LogP contribution is -2.27. The van der Waals surface area contributed by atoms with Crippen LogP contribution in [0.15, 0.2) is 18.3 Å². The average molecular weight is 266 g/mol. The van der Waals surface area contributed by atoms with Crippen molar-refractivity contribution in [2.75, 3.05) is 5.32 Å². The van der Waals surface area contributed by atoms with E-state index in [0.29, 0.717) is 16.7 Å². The number of nitrogens with one attached hydrogen (secondary N) is 1. The third kappa shape index (κ3) is 2.89. The molecule has 2 rings (SSSR count). The minimum absolute atomic E-state index is 0.0998. The number of hydrogen-bond acceptors (Lipinski definition) is 4. The second kappa shape index (κ2) is 4.71. The number of aliphatic hydroxyl groups is 1. The Hall–Kier alpha value is -1.39. The van der Waals surface area contributed by atoms with Crippen LogP contribution in [-0.2, 0) is 6.61 Å². The summed E-state index contributed by atoms with van der Waals surface area (Å²) in [7, 11) is 0. The largest absolute Gasteiger partial charge is 0.390 e. The first-order valence-electron chi connectivity index (χ1n) is 5.73. The Morgan fingerprint density at radius 3 is 2.67 bits per heavy atom. The summed E-state index contributed by atoms with van der Waals surface area (Å²) in [4.78, 5) is 8.45. The van der Waals surface area contributed by atoms with Crippen molar-refractivity contribution in [2.45, 2.75) is 32.9 Å². The van der Waals surface area contributed by atoms with Crippen LogP contribution in [0, 0.1) is 0 Å². The molecule has 2 N–H and O–H groups in total. The van der Waals surface area contributed by atoms with Gasteiger partial charge in [-0.3, -0.25) is 0 Å². The normalized spacial score (nSPS) is 11.8. The van der Waals surface area contributed by atoms with Crippen molar-refractivity contribution >= 4 is 28.2 Å². The zero-order valence-electron chi connectivity index (χ0n) is 10.7. The van der Waals surface area contributed by atoms with E-state index in [0.717, 1.165) is 10.8 Å². The van der Waals surface area contributed by atoms with E-state index in [1.165, 1.54) is 0 Å². The van der Waals surface area contributed by atoms with Crippen LogP contribution in [0.1, 0.15) is 26.5 Å². The Bertz CT molecular complexity index is 578. The fourth-order valence-corrected chi connectivity index (χ4v) is 1.87. The smallest absolute Gasteiger partial charge is 0.134 e. The number of hydrogen-bond donors (Lipinski definition) is 2. The summed E-state index contributed by atoms with van der Waals surface area (Å²) >= 11 is 5.92. The lowest BCUT2D eigenvalue weighted by atomic mass is 10.1. The van der Waals surface area contributed by atoms with Gasteiger partial charge in [0.15, 0.2) is 0 Å². The van der Waals surface area contributed by atoms with Crippen LogP contribution in [0.25, 0.3) is 10.8 Å². The Kier molecular flexibility index (Phi) is 3.41. The monoisotopic (exact) mass is 265 g/mol. The number of aliphatic hydroxyl groups excluding tert-OH is 1. The standard InChI is InChI=1S/C13H16ClN3O/c1-13(2,3)17-12-10-5-11(14)15-6-8(10)4-9(7-18)16-12/h4-6,18H,7H2,1-3H3,(H,16,17). The van der Waals surface area contributed by atoms with E-state index in [1.54, 1.807) is 12.3 Å². The molecular formula is C13H16ClN3O. The molecule has 2 heterocycles. The first kappa shape index (κ1) is 13.1. The van der Waals surface area contributed by atoms with Crippen molar-refractivity contribution in [1.82, 2.24) is 9.97 Å². The summed E-state index contributed by atoms with van der Waals surface area (Å²) in [6.45, 7) is 6.05. The predicted molar refractivity (Wildman–Crippen MR) is 73.8 cm³/mol. The number of fused-ring (bicyclic) bond motifs is 1. The molecule has 18 heavy (non-hydrogen) atoms. The first-order valence-corrected chi connectivity index (χ1v) is 6.11. The zero-order valence-corrected chi connectivity index (χ0v) is 11.4. The molecule has 0 radical (unpaired) electrons. The first-order chi connectivity index (χ1) is 8.39. The van der Waals surface area contributed by atoms with Gasteiger partial charge in [-0.05, 0) is 32.9 Å². The van der Waals surface area contributed by atoms with Crippen LogP contribution in [-0.4, -0.2) is 20.6 Å². The van der Waals surface area contributed by atoms with Gasteiger partial charge in [-0.15, -0.1) is 0 Å². The van der Waals surface area contributed by atoms with Gasteiger partial charge < -0.3 is 10.4 Å². The van der Waals surface area contributed by atoms with Crippen molar-refractivity contribution in [3.63, 3.8) is 0 Å². The maximum atomic E-state index is 9.24. The average Bonchev–Trinajstić information content (AvgIpc) is 2.27. The van der Waals surface area contributed by atoms with Crippen LogP contribution in [0.5, 0.6) is 0 Å². The van der Waals surface area contributed by atoms with E-state index < -0.39 is 0 Å². The molecule has 96 valence electrons. The number of rotatable bonds is 2. The molecule has 0 aliphatic carbocycles. The number of pyridine rings is 2. The van der Waals surface area contributed by atoms with E-state index in [2.05, 4.69) is 36.1 Å². The fourth-order valence-electron chi connectivity index (χ4n) is 1.71. The fraction of sp³-hybridized carbons (Fsp3) is 0.385. The quantitative estimate of drug-likeness (QED) is 0.820. The molecule has 4 nitrogen and oxygen atoms in total. The molecule has 0 bridgehead atoms. The Morgan fingerprint density at radius 2 is 2.06 bits per heavy atom. The van der Waals surface area contributed by atoms with Gasteiger partial charge in [0.25, 0.3) is 0 Å².